The molecule has 0 spiro atoms. The SMILES string of the molecule is COC1CCCC(OC)C1OC. The molecule has 1 aliphatic rings. The van der Waals surface area contributed by atoms with Gasteiger partial charge in [0, 0.05) is 21.3 Å². The minimum atomic E-state index is 0.105. The Kier molecular flexibility index (Phi) is 3.98. The van der Waals surface area contributed by atoms with Gasteiger partial charge in [0.25, 0.3) is 0 Å². The molecule has 0 aromatic rings. The van der Waals surface area contributed by atoms with Crippen molar-refractivity contribution >= 4 is 0 Å². The van der Waals surface area contributed by atoms with Gasteiger partial charge in [0.15, 0.2) is 0 Å². The fraction of sp³-hybridized carbons (Fsp3) is 1.00. The third-order valence-corrected chi connectivity index (χ3v) is 2.59. The lowest BCUT2D eigenvalue weighted by molar-refractivity contribution is -0.128. The Morgan fingerprint density at radius 2 is 1.33 bits per heavy atom. The average Bonchev–Trinajstić information content (AvgIpc) is 2.16. The van der Waals surface area contributed by atoms with Gasteiger partial charge in [-0.3, -0.25) is 0 Å². The first-order chi connectivity index (χ1) is 5.83. The topological polar surface area (TPSA) is 27.7 Å². The predicted octanol–water partition coefficient (Wildman–Crippen LogP) is 1.22. The number of ether oxygens (including phenoxy) is 3. The molecule has 12 heavy (non-hydrogen) atoms. The van der Waals surface area contributed by atoms with Crippen LogP contribution in [-0.4, -0.2) is 39.6 Å². The lowest BCUT2D eigenvalue weighted by atomic mass is 9.92. The molecule has 3 nitrogen and oxygen atoms in total. The van der Waals surface area contributed by atoms with Crippen LogP contribution in [0.1, 0.15) is 19.3 Å². The Morgan fingerprint density at radius 3 is 1.67 bits per heavy atom. The number of hydrogen-bond donors (Lipinski definition) is 0. The van der Waals surface area contributed by atoms with Crippen molar-refractivity contribution in [2.24, 2.45) is 0 Å². The van der Waals surface area contributed by atoms with Crippen LogP contribution in [-0.2, 0) is 14.2 Å². The largest absolute Gasteiger partial charge is 0.379 e. The Labute approximate surface area is 74.0 Å². The summed E-state index contributed by atoms with van der Waals surface area (Å²) in [6.45, 7) is 0. The molecule has 0 bridgehead atoms. The molecular weight excluding hydrogens is 156 g/mol. The number of rotatable bonds is 3. The van der Waals surface area contributed by atoms with Crippen LogP contribution in [0.2, 0.25) is 0 Å². The first kappa shape index (κ1) is 9.96. The maximum atomic E-state index is 5.35. The van der Waals surface area contributed by atoms with Crippen LogP contribution >= 0.6 is 0 Å². The van der Waals surface area contributed by atoms with Gasteiger partial charge in [-0.25, -0.2) is 0 Å². The summed E-state index contributed by atoms with van der Waals surface area (Å²) in [7, 11) is 5.18. The van der Waals surface area contributed by atoms with Crippen molar-refractivity contribution in [3.8, 4) is 0 Å². The molecule has 1 aliphatic carbocycles. The molecule has 0 amide bonds. The highest BCUT2D eigenvalue weighted by molar-refractivity contribution is 4.84. The monoisotopic (exact) mass is 174 g/mol. The maximum absolute atomic E-state index is 5.35. The summed E-state index contributed by atoms with van der Waals surface area (Å²) in [5, 5.41) is 0. The van der Waals surface area contributed by atoms with Gasteiger partial charge in [0.05, 0.1) is 12.2 Å². The molecule has 0 aliphatic heterocycles. The van der Waals surface area contributed by atoms with Crippen LogP contribution < -0.4 is 0 Å². The summed E-state index contributed by atoms with van der Waals surface area (Å²) in [6, 6.07) is 0. The van der Waals surface area contributed by atoms with Crippen LogP contribution in [0.25, 0.3) is 0 Å². The molecule has 0 radical (unpaired) electrons. The maximum Gasteiger partial charge on any atom is 0.109 e. The van der Waals surface area contributed by atoms with Gasteiger partial charge in [-0.15, -0.1) is 0 Å². The molecule has 2 unspecified atom stereocenters. The molecule has 0 aromatic carbocycles. The zero-order chi connectivity index (χ0) is 8.97. The van der Waals surface area contributed by atoms with E-state index in [-0.39, 0.29) is 18.3 Å². The van der Waals surface area contributed by atoms with E-state index in [4.69, 9.17) is 14.2 Å². The van der Waals surface area contributed by atoms with Crippen LogP contribution in [0.3, 0.4) is 0 Å². The summed E-state index contributed by atoms with van der Waals surface area (Å²) in [4.78, 5) is 0. The van der Waals surface area contributed by atoms with Gasteiger partial charge in [-0.1, -0.05) is 0 Å². The molecule has 1 saturated carbocycles. The van der Waals surface area contributed by atoms with E-state index in [2.05, 4.69) is 0 Å². The molecule has 1 fully saturated rings. The van der Waals surface area contributed by atoms with E-state index in [0.717, 1.165) is 19.3 Å². The smallest absolute Gasteiger partial charge is 0.109 e. The Bertz CT molecular complexity index is 115. The molecule has 0 aromatic heterocycles. The van der Waals surface area contributed by atoms with Crippen molar-refractivity contribution in [1.29, 1.82) is 0 Å². The first-order valence-electron chi connectivity index (χ1n) is 4.42. The van der Waals surface area contributed by atoms with Gasteiger partial charge in [0.2, 0.25) is 0 Å². The lowest BCUT2D eigenvalue weighted by Gasteiger charge is -2.35. The number of hydrogen-bond acceptors (Lipinski definition) is 3. The lowest BCUT2D eigenvalue weighted by Crippen LogP contribution is -2.44. The van der Waals surface area contributed by atoms with E-state index in [0.29, 0.717) is 0 Å². The molecule has 1 rings (SSSR count). The minimum absolute atomic E-state index is 0.105. The zero-order valence-electron chi connectivity index (χ0n) is 8.08. The summed E-state index contributed by atoms with van der Waals surface area (Å²) >= 11 is 0. The fourth-order valence-corrected chi connectivity index (χ4v) is 1.90. The Morgan fingerprint density at radius 1 is 0.833 bits per heavy atom. The molecular formula is C9H18O3. The summed E-state index contributed by atoms with van der Waals surface area (Å²) in [5.41, 5.74) is 0. The Balaban J connectivity index is 2.52. The minimum Gasteiger partial charge on any atom is -0.379 e. The molecule has 2 atom stereocenters. The molecule has 0 N–H and O–H groups in total. The number of methoxy groups -OCH3 is 3. The van der Waals surface area contributed by atoms with Crippen LogP contribution in [0.5, 0.6) is 0 Å². The predicted molar refractivity (Wildman–Crippen MR) is 46.2 cm³/mol. The molecule has 3 heteroatoms. The standard InChI is InChI=1S/C9H18O3/c1-10-7-5-4-6-8(11-2)9(7)12-3/h7-9H,4-6H2,1-3H3. The van der Waals surface area contributed by atoms with Gasteiger partial charge in [-0.2, -0.15) is 0 Å². The third kappa shape index (κ3) is 1.97. The second-order valence-electron chi connectivity index (χ2n) is 3.18. The second kappa shape index (κ2) is 4.80. The van der Waals surface area contributed by atoms with E-state index in [1.807, 2.05) is 0 Å². The van der Waals surface area contributed by atoms with Gasteiger partial charge < -0.3 is 14.2 Å². The summed E-state index contributed by atoms with van der Waals surface area (Å²) < 4.78 is 16.0. The Hall–Kier alpha value is -0.120. The zero-order valence-corrected chi connectivity index (χ0v) is 8.08. The van der Waals surface area contributed by atoms with E-state index in [1.165, 1.54) is 0 Å². The van der Waals surface area contributed by atoms with Gasteiger partial charge in [-0.05, 0) is 19.3 Å². The third-order valence-electron chi connectivity index (χ3n) is 2.59. The van der Waals surface area contributed by atoms with Crippen molar-refractivity contribution < 1.29 is 14.2 Å². The first-order valence-corrected chi connectivity index (χ1v) is 4.42. The van der Waals surface area contributed by atoms with Gasteiger partial charge >= 0.3 is 0 Å². The van der Waals surface area contributed by atoms with Crippen molar-refractivity contribution in [3.63, 3.8) is 0 Å². The van der Waals surface area contributed by atoms with E-state index in [1.54, 1.807) is 21.3 Å². The highest BCUT2D eigenvalue weighted by atomic mass is 16.6. The molecule has 0 heterocycles. The van der Waals surface area contributed by atoms with Crippen molar-refractivity contribution in [2.45, 2.75) is 37.6 Å². The van der Waals surface area contributed by atoms with E-state index in [9.17, 15) is 0 Å². The highest BCUT2D eigenvalue weighted by Gasteiger charge is 2.33. The second-order valence-corrected chi connectivity index (χ2v) is 3.18. The normalized spacial score (nSPS) is 36.8. The van der Waals surface area contributed by atoms with E-state index < -0.39 is 0 Å². The van der Waals surface area contributed by atoms with Crippen LogP contribution in [0.4, 0.5) is 0 Å². The average molecular weight is 174 g/mol. The fourth-order valence-electron chi connectivity index (χ4n) is 1.90. The summed E-state index contributed by atoms with van der Waals surface area (Å²) in [6.07, 6.45) is 3.83. The van der Waals surface area contributed by atoms with Crippen molar-refractivity contribution in [2.75, 3.05) is 21.3 Å². The van der Waals surface area contributed by atoms with Crippen LogP contribution in [0, 0.1) is 0 Å². The van der Waals surface area contributed by atoms with Crippen molar-refractivity contribution in [3.05, 3.63) is 0 Å². The highest BCUT2D eigenvalue weighted by Crippen LogP contribution is 2.25. The van der Waals surface area contributed by atoms with Crippen LogP contribution in [0.15, 0.2) is 0 Å². The van der Waals surface area contributed by atoms with Crippen molar-refractivity contribution in [1.82, 2.24) is 0 Å². The van der Waals surface area contributed by atoms with E-state index >= 15 is 0 Å². The quantitative estimate of drug-likeness (QED) is 0.643. The molecule has 0 saturated heterocycles. The summed E-state index contributed by atoms with van der Waals surface area (Å²) in [5.74, 6) is 0. The molecule has 72 valence electrons. The van der Waals surface area contributed by atoms with Gasteiger partial charge in [0.1, 0.15) is 6.10 Å².